The Kier molecular flexibility index (Phi) is 1.14. The standard InChI is InChI=1S/C9H6N/c1-2-4-9-7-10-6-5-8(9)3-1/h1-2,4-7H/p+1. The van der Waals surface area contributed by atoms with Gasteiger partial charge in [0.15, 0.2) is 0 Å². The molecule has 1 radical (unpaired) electrons. The molecule has 1 heterocycles. The van der Waals surface area contributed by atoms with Crippen LogP contribution in [-0.2, 0) is 0 Å². The molecule has 47 valence electrons. The van der Waals surface area contributed by atoms with E-state index >= 15 is 0 Å². The van der Waals surface area contributed by atoms with Crippen LogP contribution in [0, 0.1) is 6.07 Å². The molecule has 0 spiro atoms. The second-order valence-electron chi connectivity index (χ2n) is 2.13. The van der Waals surface area contributed by atoms with Crippen molar-refractivity contribution in [2.45, 2.75) is 0 Å². The molecule has 0 fully saturated rings. The van der Waals surface area contributed by atoms with Gasteiger partial charge in [-0.1, -0.05) is 18.2 Å². The summed E-state index contributed by atoms with van der Waals surface area (Å²) >= 11 is 0. The summed E-state index contributed by atoms with van der Waals surface area (Å²) in [6.45, 7) is 0. The van der Waals surface area contributed by atoms with Gasteiger partial charge < -0.3 is 0 Å². The Balaban J connectivity index is 0.000000605. The van der Waals surface area contributed by atoms with E-state index in [0.717, 1.165) is 10.8 Å². The minimum Gasteiger partial charge on any atom is -0.264 e. The van der Waals surface area contributed by atoms with E-state index in [1.54, 1.807) is 6.20 Å². The molecule has 0 aliphatic heterocycles. The molecule has 0 saturated carbocycles. The summed E-state index contributed by atoms with van der Waals surface area (Å²) in [6.07, 6.45) is 3.62. The van der Waals surface area contributed by atoms with E-state index in [1.165, 1.54) is 0 Å². The summed E-state index contributed by atoms with van der Waals surface area (Å²) in [5.74, 6) is 0. The molecule has 1 nitrogen and oxygen atoms in total. The first-order valence-electron chi connectivity index (χ1n) is 3.17. The molecule has 0 amide bonds. The Hall–Kier alpha value is -1.37. The molecule has 10 heavy (non-hydrogen) atoms. The predicted octanol–water partition coefficient (Wildman–Crippen LogP) is 2.15. The predicted molar refractivity (Wildman–Crippen MR) is 41.7 cm³/mol. The van der Waals surface area contributed by atoms with Crippen LogP contribution in [-0.4, -0.2) is 4.98 Å². The number of nitrogens with zero attached hydrogens (tertiary/aromatic N) is 1. The van der Waals surface area contributed by atoms with Gasteiger partial charge in [-0.3, -0.25) is 4.98 Å². The van der Waals surface area contributed by atoms with Crippen molar-refractivity contribution in [2.24, 2.45) is 0 Å². The van der Waals surface area contributed by atoms with Gasteiger partial charge in [0.05, 0.1) is 0 Å². The summed E-state index contributed by atoms with van der Waals surface area (Å²) in [7, 11) is 0. The molecule has 0 bridgehead atoms. The highest BCUT2D eigenvalue weighted by Gasteiger charge is 1.86. The zero-order valence-corrected chi connectivity index (χ0v) is 5.41. The summed E-state index contributed by atoms with van der Waals surface area (Å²) < 4.78 is 0. The van der Waals surface area contributed by atoms with Crippen LogP contribution >= 0.6 is 0 Å². The summed E-state index contributed by atoms with van der Waals surface area (Å²) in [6, 6.07) is 11.0. The lowest BCUT2D eigenvalue weighted by Gasteiger charge is -1.91. The van der Waals surface area contributed by atoms with E-state index < -0.39 is 0 Å². The van der Waals surface area contributed by atoms with Crippen molar-refractivity contribution in [3.8, 4) is 0 Å². The Labute approximate surface area is 60.8 Å². The summed E-state index contributed by atoms with van der Waals surface area (Å²) in [5.41, 5.74) is 0. The smallest absolute Gasteiger partial charge is 0.264 e. The molecule has 1 aromatic carbocycles. The maximum atomic E-state index is 3.99. The van der Waals surface area contributed by atoms with Gasteiger partial charge >= 0.3 is 1.43 Å². The van der Waals surface area contributed by atoms with Crippen molar-refractivity contribution >= 4 is 10.8 Å². The first kappa shape index (κ1) is 5.42. The molecule has 0 unspecified atom stereocenters. The van der Waals surface area contributed by atoms with Gasteiger partial charge in [-0.25, -0.2) is 0 Å². The fourth-order valence-electron chi connectivity index (χ4n) is 0.961. The lowest BCUT2D eigenvalue weighted by Crippen LogP contribution is -1.72. The number of fused-ring (bicyclic) bond motifs is 1. The molecule has 1 heteroatoms. The quantitative estimate of drug-likeness (QED) is 0.531. The van der Waals surface area contributed by atoms with Crippen molar-refractivity contribution in [3.05, 3.63) is 42.7 Å². The largest absolute Gasteiger partial charge is 1.00 e. The second kappa shape index (κ2) is 2.10. The number of benzene rings is 1. The first-order valence-corrected chi connectivity index (χ1v) is 3.17. The van der Waals surface area contributed by atoms with Gasteiger partial charge in [-0.2, -0.15) is 0 Å². The van der Waals surface area contributed by atoms with Crippen LogP contribution in [0.2, 0.25) is 0 Å². The topological polar surface area (TPSA) is 12.9 Å². The Bertz CT molecular complexity index is 281. The molecule has 0 N–H and O–H groups in total. The van der Waals surface area contributed by atoms with Crippen LogP contribution in [0.4, 0.5) is 0 Å². The van der Waals surface area contributed by atoms with Crippen LogP contribution in [0.25, 0.3) is 10.8 Å². The lowest BCUT2D eigenvalue weighted by atomic mass is 10.2. The number of aromatic nitrogens is 1. The number of pyridine rings is 1. The lowest BCUT2D eigenvalue weighted by molar-refractivity contribution is 1.36. The minimum absolute atomic E-state index is 0. The van der Waals surface area contributed by atoms with Gasteiger partial charge in [0.25, 0.3) is 0 Å². The van der Waals surface area contributed by atoms with Crippen molar-refractivity contribution in [2.75, 3.05) is 0 Å². The molecule has 2 rings (SSSR count). The third kappa shape index (κ3) is 0.760. The van der Waals surface area contributed by atoms with E-state index in [0.29, 0.717) is 0 Å². The Morgan fingerprint density at radius 1 is 1.40 bits per heavy atom. The number of rotatable bonds is 0. The molecule has 0 aliphatic rings. The van der Waals surface area contributed by atoms with Crippen LogP contribution in [0.3, 0.4) is 0 Å². The van der Waals surface area contributed by atoms with Crippen molar-refractivity contribution in [3.63, 3.8) is 0 Å². The van der Waals surface area contributed by atoms with Crippen LogP contribution in [0.5, 0.6) is 0 Å². The van der Waals surface area contributed by atoms with Crippen LogP contribution in [0.15, 0.2) is 36.7 Å². The minimum atomic E-state index is 0. The molecule has 0 aliphatic carbocycles. The fraction of sp³-hybridized carbons (Fsp3) is 0. The highest BCUT2D eigenvalue weighted by Crippen LogP contribution is 2.08. The van der Waals surface area contributed by atoms with E-state index in [-0.39, 0.29) is 1.43 Å². The molecule has 1 aromatic heterocycles. The zero-order valence-electron chi connectivity index (χ0n) is 6.41. The molecular weight excluding hydrogens is 122 g/mol. The maximum Gasteiger partial charge on any atom is 1.00 e. The van der Waals surface area contributed by atoms with Gasteiger partial charge in [0.1, 0.15) is 0 Å². The Morgan fingerprint density at radius 3 is 3.30 bits per heavy atom. The third-order valence-corrected chi connectivity index (χ3v) is 1.46. The van der Waals surface area contributed by atoms with Gasteiger partial charge in [-0.05, 0) is 17.5 Å². The first-order chi connectivity index (χ1) is 4.97. The highest BCUT2D eigenvalue weighted by atomic mass is 14.6. The average Bonchev–Trinajstić information content (AvgIpc) is 2.05. The van der Waals surface area contributed by atoms with Crippen LogP contribution in [0.1, 0.15) is 1.43 Å². The average molecular weight is 129 g/mol. The van der Waals surface area contributed by atoms with Gasteiger partial charge in [0, 0.05) is 17.8 Å². The van der Waals surface area contributed by atoms with E-state index in [2.05, 4.69) is 11.1 Å². The fourth-order valence-corrected chi connectivity index (χ4v) is 0.961. The van der Waals surface area contributed by atoms with Crippen LogP contribution < -0.4 is 0 Å². The summed E-state index contributed by atoms with van der Waals surface area (Å²) in [5, 5.41) is 2.27. The number of hydrogen-bond donors (Lipinski definition) is 0. The Morgan fingerprint density at radius 2 is 2.40 bits per heavy atom. The monoisotopic (exact) mass is 129 g/mol. The highest BCUT2D eigenvalue weighted by molar-refractivity contribution is 5.80. The SMILES string of the molecule is [H+].[c]1cccc2cnccc12. The van der Waals surface area contributed by atoms with Crippen molar-refractivity contribution < 1.29 is 1.43 Å². The maximum absolute atomic E-state index is 3.99. The zero-order chi connectivity index (χ0) is 6.81. The van der Waals surface area contributed by atoms with E-state index in [4.69, 9.17) is 0 Å². The second-order valence-corrected chi connectivity index (χ2v) is 2.13. The van der Waals surface area contributed by atoms with E-state index in [9.17, 15) is 0 Å². The third-order valence-electron chi connectivity index (χ3n) is 1.46. The van der Waals surface area contributed by atoms with E-state index in [1.807, 2.05) is 30.5 Å². The van der Waals surface area contributed by atoms with Gasteiger partial charge in [-0.15, -0.1) is 0 Å². The molecule has 0 saturated heterocycles. The molecule has 0 atom stereocenters. The molecule has 2 aromatic rings. The van der Waals surface area contributed by atoms with Crippen molar-refractivity contribution in [1.29, 1.82) is 0 Å². The van der Waals surface area contributed by atoms with Gasteiger partial charge in [0.2, 0.25) is 0 Å². The normalized spacial score (nSPS) is 10.0. The molecular formula is C9H7N+. The summed E-state index contributed by atoms with van der Waals surface area (Å²) in [4.78, 5) is 3.99. The van der Waals surface area contributed by atoms with Crippen molar-refractivity contribution in [1.82, 2.24) is 4.98 Å². The number of hydrogen-bond acceptors (Lipinski definition) is 1.